The molecule has 0 radical (unpaired) electrons. The van der Waals surface area contributed by atoms with Crippen LogP contribution in [0.5, 0.6) is 5.75 Å². The molecule has 156 valence electrons. The number of hydrogen-bond acceptors (Lipinski definition) is 7. The molecule has 4 rings (SSSR count). The molecular weight excluding hydrogens is 378 g/mol. The third-order valence-corrected chi connectivity index (χ3v) is 5.26. The minimum atomic E-state index is 0.379. The minimum absolute atomic E-state index is 0.379. The summed E-state index contributed by atoms with van der Waals surface area (Å²) >= 11 is 0. The molecule has 1 aliphatic heterocycles. The average molecular weight is 406 g/mol. The Labute approximate surface area is 177 Å². The summed E-state index contributed by atoms with van der Waals surface area (Å²) in [6.45, 7) is 6.13. The molecule has 30 heavy (non-hydrogen) atoms. The molecule has 7 nitrogen and oxygen atoms in total. The van der Waals surface area contributed by atoms with Crippen molar-refractivity contribution < 1.29 is 9.15 Å². The molecular formula is C23H27N5O2. The van der Waals surface area contributed by atoms with Crippen molar-refractivity contribution >= 4 is 16.8 Å². The molecule has 0 spiro atoms. The van der Waals surface area contributed by atoms with E-state index in [1.54, 1.807) is 19.5 Å². The first kappa shape index (κ1) is 20.2. The van der Waals surface area contributed by atoms with E-state index in [2.05, 4.69) is 56.7 Å². The lowest BCUT2D eigenvalue weighted by molar-refractivity contribution is 0.229. The number of anilines is 1. The first-order valence-corrected chi connectivity index (χ1v) is 10.2. The van der Waals surface area contributed by atoms with Gasteiger partial charge in [0.2, 0.25) is 0 Å². The monoisotopic (exact) mass is 405 g/mol. The summed E-state index contributed by atoms with van der Waals surface area (Å²) in [5.74, 6) is 7.14. The van der Waals surface area contributed by atoms with Gasteiger partial charge in [0.1, 0.15) is 5.75 Å². The Balaban J connectivity index is 1.57. The summed E-state index contributed by atoms with van der Waals surface area (Å²) in [5.41, 5.74) is 3.30. The van der Waals surface area contributed by atoms with Crippen LogP contribution in [0.15, 0.2) is 41.1 Å². The third-order valence-electron chi connectivity index (χ3n) is 5.26. The SMILES string of the molecule is COc1ccc(N2CCN(CCN(C)C)CC2)c2oc(C#Cc3cccnc3)nc12. The molecule has 7 heteroatoms. The largest absolute Gasteiger partial charge is 0.494 e. The number of nitrogens with zero attached hydrogens (tertiary/aromatic N) is 5. The topological polar surface area (TPSA) is 57.9 Å². The van der Waals surface area contributed by atoms with Crippen molar-refractivity contribution in [3.05, 3.63) is 48.1 Å². The van der Waals surface area contributed by atoms with Crippen molar-refractivity contribution in [1.29, 1.82) is 0 Å². The van der Waals surface area contributed by atoms with Gasteiger partial charge in [-0.15, -0.1) is 0 Å². The maximum atomic E-state index is 6.08. The summed E-state index contributed by atoms with van der Waals surface area (Å²) in [6.07, 6.45) is 3.44. The van der Waals surface area contributed by atoms with Crippen LogP contribution in [0.2, 0.25) is 0 Å². The fourth-order valence-corrected chi connectivity index (χ4v) is 3.55. The molecule has 0 aliphatic carbocycles. The van der Waals surface area contributed by atoms with Crippen molar-refractivity contribution in [3.63, 3.8) is 0 Å². The van der Waals surface area contributed by atoms with Crippen molar-refractivity contribution in [2.75, 3.05) is 65.4 Å². The van der Waals surface area contributed by atoms with Crippen molar-refractivity contribution in [1.82, 2.24) is 19.8 Å². The van der Waals surface area contributed by atoms with Gasteiger partial charge in [0.25, 0.3) is 5.89 Å². The molecule has 3 aromatic rings. The minimum Gasteiger partial charge on any atom is -0.494 e. The Morgan fingerprint density at radius 2 is 1.97 bits per heavy atom. The van der Waals surface area contributed by atoms with Gasteiger partial charge in [-0.2, -0.15) is 4.98 Å². The highest BCUT2D eigenvalue weighted by Crippen LogP contribution is 2.34. The number of pyridine rings is 1. The van der Waals surface area contributed by atoms with Gasteiger partial charge in [0, 0.05) is 57.2 Å². The summed E-state index contributed by atoms with van der Waals surface area (Å²) in [7, 11) is 5.87. The fourth-order valence-electron chi connectivity index (χ4n) is 3.55. The van der Waals surface area contributed by atoms with Gasteiger partial charge in [-0.3, -0.25) is 9.88 Å². The Hall–Kier alpha value is -3.08. The van der Waals surface area contributed by atoms with E-state index in [9.17, 15) is 0 Å². The van der Waals surface area contributed by atoms with Crippen LogP contribution in [0, 0.1) is 11.8 Å². The van der Waals surface area contributed by atoms with Gasteiger partial charge in [-0.1, -0.05) is 5.92 Å². The maximum absolute atomic E-state index is 6.08. The fraction of sp³-hybridized carbons (Fsp3) is 0.391. The quantitative estimate of drug-likeness (QED) is 0.604. The Kier molecular flexibility index (Phi) is 6.17. The van der Waals surface area contributed by atoms with E-state index in [-0.39, 0.29) is 0 Å². The van der Waals surface area contributed by atoms with Crippen molar-refractivity contribution in [2.45, 2.75) is 0 Å². The van der Waals surface area contributed by atoms with Crippen molar-refractivity contribution in [3.8, 4) is 17.6 Å². The first-order chi connectivity index (χ1) is 14.6. The zero-order valence-electron chi connectivity index (χ0n) is 17.8. The van der Waals surface area contributed by atoms with Gasteiger partial charge < -0.3 is 19.0 Å². The molecule has 0 bridgehead atoms. The zero-order valence-corrected chi connectivity index (χ0v) is 17.8. The third kappa shape index (κ3) is 4.56. The van der Waals surface area contributed by atoms with Gasteiger partial charge >= 0.3 is 0 Å². The van der Waals surface area contributed by atoms with E-state index < -0.39 is 0 Å². The number of rotatable bonds is 5. The number of aromatic nitrogens is 2. The number of fused-ring (bicyclic) bond motifs is 1. The second kappa shape index (κ2) is 9.16. The van der Waals surface area contributed by atoms with E-state index in [0.717, 1.165) is 56.1 Å². The normalized spacial score (nSPS) is 14.7. The molecule has 1 aliphatic rings. The van der Waals surface area contributed by atoms with Crippen LogP contribution in [-0.4, -0.2) is 80.2 Å². The number of benzene rings is 1. The van der Waals surface area contributed by atoms with Gasteiger partial charge in [0.05, 0.1) is 12.8 Å². The summed E-state index contributed by atoms with van der Waals surface area (Å²) in [5, 5.41) is 0. The summed E-state index contributed by atoms with van der Waals surface area (Å²) in [6, 6.07) is 7.77. The van der Waals surface area contributed by atoms with E-state index in [4.69, 9.17) is 9.15 Å². The van der Waals surface area contributed by atoms with Gasteiger partial charge in [0.15, 0.2) is 11.1 Å². The standard InChI is InChI=1S/C23H27N5O2/c1-26(2)11-12-27-13-15-28(16-14-27)19-7-8-20(29-3)22-23(19)30-21(25-22)9-6-18-5-4-10-24-17-18/h4-5,7-8,10,17H,11-16H2,1-3H3. The van der Waals surface area contributed by atoms with Crippen molar-refractivity contribution in [2.24, 2.45) is 0 Å². The van der Waals surface area contributed by atoms with Crippen LogP contribution in [0.1, 0.15) is 11.5 Å². The molecule has 0 saturated carbocycles. The predicted octanol–water partition coefficient (Wildman–Crippen LogP) is 2.31. The lowest BCUT2D eigenvalue weighted by Gasteiger charge is -2.36. The molecule has 1 aromatic carbocycles. The van der Waals surface area contributed by atoms with Crippen LogP contribution >= 0.6 is 0 Å². The molecule has 3 heterocycles. The van der Waals surface area contributed by atoms with E-state index in [0.29, 0.717) is 17.2 Å². The molecule has 0 N–H and O–H groups in total. The number of likely N-dealkylation sites (N-methyl/N-ethyl adjacent to an activating group) is 1. The van der Waals surface area contributed by atoms with Gasteiger partial charge in [-0.05, 0) is 44.3 Å². The number of methoxy groups -OCH3 is 1. The van der Waals surface area contributed by atoms with Crippen LogP contribution in [0.3, 0.4) is 0 Å². The predicted molar refractivity (Wildman–Crippen MR) is 118 cm³/mol. The van der Waals surface area contributed by atoms with Crippen LogP contribution in [-0.2, 0) is 0 Å². The Morgan fingerprint density at radius 1 is 1.13 bits per heavy atom. The molecule has 1 fully saturated rings. The Morgan fingerprint density at radius 3 is 2.67 bits per heavy atom. The lowest BCUT2D eigenvalue weighted by atomic mass is 10.2. The zero-order chi connectivity index (χ0) is 20.9. The highest BCUT2D eigenvalue weighted by molar-refractivity contribution is 5.91. The highest BCUT2D eigenvalue weighted by atomic mass is 16.5. The van der Waals surface area contributed by atoms with Gasteiger partial charge in [-0.25, -0.2) is 0 Å². The molecule has 2 aromatic heterocycles. The number of hydrogen-bond donors (Lipinski definition) is 0. The molecule has 0 atom stereocenters. The average Bonchev–Trinajstić information content (AvgIpc) is 3.21. The Bertz CT molecular complexity index is 1040. The molecule has 0 unspecified atom stereocenters. The van der Waals surface area contributed by atoms with Crippen LogP contribution in [0.25, 0.3) is 11.1 Å². The van der Waals surface area contributed by atoms with Crippen LogP contribution in [0.4, 0.5) is 5.69 Å². The second-order valence-electron chi connectivity index (χ2n) is 7.61. The number of oxazole rings is 1. The van der Waals surface area contributed by atoms with E-state index in [1.807, 2.05) is 18.2 Å². The number of piperazine rings is 1. The smallest absolute Gasteiger partial charge is 0.274 e. The summed E-state index contributed by atoms with van der Waals surface area (Å²) < 4.78 is 11.6. The number of ether oxygens (including phenoxy) is 1. The first-order valence-electron chi connectivity index (χ1n) is 10.2. The molecule has 0 amide bonds. The highest BCUT2D eigenvalue weighted by Gasteiger charge is 2.22. The molecule has 1 saturated heterocycles. The second-order valence-corrected chi connectivity index (χ2v) is 7.61. The van der Waals surface area contributed by atoms with E-state index >= 15 is 0 Å². The maximum Gasteiger partial charge on any atom is 0.274 e. The van der Waals surface area contributed by atoms with Crippen LogP contribution < -0.4 is 9.64 Å². The van der Waals surface area contributed by atoms with E-state index in [1.165, 1.54) is 0 Å². The summed E-state index contributed by atoms with van der Waals surface area (Å²) in [4.78, 5) is 15.8. The lowest BCUT2D eigenvalue weighted by Crippen LogP contribution is -2.48.